The normalized spacial score (nSPS) is 12.1. The number of nitrogens with two attached hydrogens (primary N) is 1. The highest BCUT2D eigenvalue weighted by atomic mass is 79.9. The summed E-state index contributed by atoms with van der Waals surface area (Å²) in [7, 11) is 0. The van der Waals surface area contributed by atoms with E-state index in [1.165, 1.54) is 0 Å². The average Bonchev–Trinajstić information content (AvgIpc) is 2.10. The number of rotatable bonds is 2. The van der Waals surface area contributed by atoms with Crippen LogP contribution in [0.25, 0.3) is 0 Å². The number of benzene rings is 1. The lowest BCUT2D eigenvalue weighted by Crippen LogP contribution is -2.08. The third-order valence-corrected chi connectivity index (χ3v) is 2.35. The van der Waals surface area contributed by atoms with Crippen LogP contribution in [-0.2, 0) is 0 Å². The first-order chi connectivity index (χ1) is 6.15. The van der Waals surface area contributed by atoms with Crippen molar-refractivity contribution < 1.29 is 5.11 Å². The zero-order valence-electron chi connectivity index (χ0n) is 6.87. The van der Waals surface area contributed by atoms with Gasteiger partial charge in [-0.15, -0.1) is 0 Å². The average molecular weight is 241 g/mol. The fraction of sp³-hybridized carbons (Fsp3) is 0.222. The van der Waals surface area contributed by atoms with Gasteiger partial charge in [-0.05, 0) is 33.6 Å². The van der Waals surface area contributed by atoms with Gasteiger partial charge in [-0.1, -0.05) is 6.07 Å². The number of nitriles is 1. The minimum atomic E-state index is -0.290. The van der Waals surface area contributed by atoms with Gasteiger partial charge in [0.15, 0.2) is 0 Å². The van der Waals surface area contributed by atoms with Crippen molar-refractivity contribution in [2.75, 3.05) is 0 Å². The zero-order chi connectivity index (χ0) is 9.84. The second-order valence-electron chi connectivity index (χ2n) is 2.68. The number of halogens is 1. The summed E-state index contributed by atoms with van der Waals surface area (Å²) in [6, 6.07) is 6.69. The van der Waals surface area contributed by atoms with Crippen LogP contribution in [0.3, 0.4) is 0 Å². The second-order valence-corrected chi connectivity index (χ2v) is 3.53. The number of hydrogen-bond donors (Lipinski definition) is 2. The van der Waals surface area contributed by atoms with Crippen LogP contribution in [0.1, 0.15) is 18.0 Å². The maximum atomic E-state index is 9.20. The van der Waals surface area contributed by atoms with Gasteiger partial charge in [0.25, 0.3) is 0 Å². The summed E-state index contributed by atoms with van der Waals surface area (Å²) in [6.07, 6.45) is 0.275. The van der Waals surface area contributed by atoms with Crippen LogP contribution in [0.2, 0.25) is 0 Å². The molecule has 0 radical (unpaired) electrons. The van der Waals surface area contributed by atoms with Crippen molar-refractivity contribution in [3.05, 3.63) is 28.2 Å². The maximum absolute atomic E-state index is 9.20. The third-order valence-electron chi connectivity index (χ3n) is 1.71. The van der Waals surface area contributed by atoms with Crippen LogP contribution >= 0.6 is 15.9 Å². The van der Waals surface area contributed by atoms with E-state index in [-0.39, 0.29) is 18.2 Å². The molecule has 0 amide bonds. The lowest BCUT2D eigenvalue weighted by Gasteiger charge is -2.08. The lowest BCUT2D eigenvalue weighted by atomic mass is 10.1. The molecule has 4 heteroatoms. The molecule has 0 heterocycles. The Labute approximate surface area is 84.9 Å². The molecule has 0 bridgehead atoms. The van der Waals surface area contributed by atoms with Crippen molar-refractivity contribution in [2.45, 2.75) is 12.5 Å². The molecule has 13 heavy (non-hydrogen) atoms. The highest BCUT2D eigenvalue weighted by Crippen LogP contribution is 2.27. The lowest BCUT2D eigenvalue weighted by molar-refractivity contribution is 0.471. The van der Waals surface area contributed by atoms with Crippen LogP contribution in [0.4, 0.5) is 0 Å². The van der Waals surface area contributed by atoms with E-state index in [0.29, 0.717) is 4.47 Å². The van der Waals surface area contributed by atoms with Crippen molar-refractivity contribution in [3.63, 3.8) is 0 Å². The Hall–Kier alpha value is -1.05. The van der Waals surface area contributed by atoms with E-state index in [1.807, 2.05) is 6.07 Å². The molecule has 0 aliphatic heterocycles. The molecular weight excluding hydrogens is 232 g/mol. The van der Waals surface area contributed by atoms with Gasteiger partial charge in [0.1, 0.15) is 5.75 Å². The second kappa shape index (κ2) is 4.26. The molecule has 0 fully saturated rings. The van der Waals surface area contributed by atoms with Crippen LogP contribution < -0.4 is 5.73 Å². The van der Waals surface area contributed by atoms with Crippen molar-refractivity contribution >= 4 is 15.9 Å². The van der Waals surface area contributed by atoms with E-state index in [0.717, 1.165) is 5.56 Å². The van der Waals surface area contributed by atoms with Crippen LogP contribution in [0.15, 0.2) is 22.7 Å². The van der Waals surface area contributed by atoms with E-state index in [9.17, 15) is 5.11 Å². The van der Waals surface area contributed by atoms with E-state index in [4.69, 9.17) is 11.0 Å². The van der Waals surface area contributed by atoms with Crippen molar-refractivity contribution in [1.29, 1.82) is 5.26 Å². The monoisotopic (exact) mass is 240 g/mol. The molecule has 3 N–H and O–H groups in total. The maximum Gasteiger partial charge on any atom is 0.129 e. The van der Waals surface area contributed by atoms with Gasteiger partial charge in [0, 0.05) is 6.04 Å². The number of nitrogens with zero attached hydrogens (tertiary/aromatic N) is 1. The fourth-order valence-electron chi connectivity index (χ4n) is 0.970. The quantitative estimate of drug-likeness (QED) is 0.832. The van der Waals surface area contributed by atoms with Gasteiger partial charge in [-0.25, -0.2) is 0 Å². The molecule has 1 atom stereocenters. The van der Waals surface area contributed by atoms with Gasteiger partial charge < -0.3 is 10.8 Å². The number of hydrogen-bond acceptors (Lipinski definition) is 3. The summed E-state index contributed by atoms with van der Waals surface area (Å²) >= 11 is 3.18. The minimum Gasteiger partial charge on any atom is -0.507 e. The number of phenolic OH excluding ortho intramolecular Hbond substituents is 1. The Bertz CT molecular complexity index is 346. The van der Waals surface area contributed by atoms with E-state index < -0.39 is 0 Å². The topological polar surface area (TPSA) is 70.0 Å². The Morgan fingerprint density at radius 3 is 2.85 bits per heavy atom. The largest absolute Gasteiger partial charge is 0.507 e. The summed E-state index contributed by atoms with van der Waals surface area (Å²) in [5.41, 5.74) is 6.54. The highest BCUT2D eigenvalue weighted by molar-refractivity contribution is 9.10. The van der Waals surface area contributed by atoms with Crippen molar-refractivity contribution in [3.8, 4) is 11.8 Å². The molecule has 1 rings (SSSR count). The first-order valence-corrected chi connectivity index (χ1v) is 4.55. The first kappa shape index (κ1) is 10.0. The molecule has 0 aromatic heterocycles. The minimum absolute atomic E-state index is 0.174. The molecule has 0 aliphatic carbocycles. The smallest absolute Gasteiger partial charge is 0.129 e. The van der Waals surface area contributed by atoms with E-state index >= 15 is 0 Å². The Morgan fingerprint density at radius 1 is 1.62 bits per heavy atom. The van der Waals surface area contributed by atoms with Crippen LogP contribution in [0, 0.1) is 11.3 Å². The Balaban J connectivity index is 2.91. The standard InChI is InChI=1S/C9H9BrN2O/c10-7-5-6(1-2-9(7)13)8(12)3-4-11/h1-2,5,8,13H,3,12H2/t8-/m0/s1. The number of phenols is 1. The van der Waals surface area contributed by atoms with Crippen LogP contribution in [-0.4, -0.2) is 5.11 Å². The predicted octanol–water partition coefficient (Wildman–Crippen LogP) is 2.07. The molecule has 3 nitrogen and oxygen atoms in total. The van der Waals surface area contributed by atoms with Crippen molar-refractivity contribution in [1.82, 2.24) is 0 Å². The van der Waals surface area contributed by atoms with Gasteiger partial charge >= 0.3 is 0 Å². The summed E-state index contributed by atoms with van der Waals surface area (Å²) < 4.78 is 0.596. The molecule has 68 valence electrons. The van der Waals surface area contributed by atoms with Crippen LogP contribution in [0.5, 0.6) is 5.75 Å². The summed E-state index contributed by atoms with van der Waals surface area (Å²) in [5.74, 6) is 0.174. The van der Waals surface area contributed by atoms with E-state index in [1.54, 1.807) is 18.2 Å². The predicted molar refractivity (Wildman–Crippen MR) is 53.0 cm³/mol. The molecular formula is C9H9BrN2O. The van der Waals surface area contributed by atoms with E-state index in [2.05, 4.69) is 15.9 Å². The first-order valence-electron chi connectivity index (χ1n) is 3.76. The fourth-order valence-corrected chi connectivity index (χ4v) is 1.37. The molecule has 0 saturated heterocycles. The van der Waals surface area contributed by atoms with Gasteiger partial charge in [-0.3, -0.25) is 0 Å². The molecule has 0 saturated carbocycles. The summed E-state index contributed by atoms with van der Waals surface area (Å²) in [4.78, 5) is 0. The third kappa shape index (κ3) is 2.44. The Morgan fingerprint density at radius 2 is 2.31 bits per heavy atom. The molecule has 0 aliphatic rings. The van der Waals surface area contributed by atoms with Crippen molar-refractivity contribution in [2.24, 2.45) is 5.73 Å². The van der Waals surface area contributed by atoms with Gasteiger partial charge in [-0.2, -0.15) is 5.26 Å². The molecule has 1 aromatic rings. The van der Waals surface area contributed by atoms with Gasteiger partial charge in [0.2, 0.25) is 0 Å². The van der Waals surface area contributed by atoms with Gasteiger partial charge in [0.05, 0.1) is 17.0 Å². The SMILES string of the molecule is N#CC[C@H](N)c1ccc(O)c(Br)c1. The summed E-state index contributed by atoms with van der Waals surface area (Å²) in [6.45, 7) is 0. The molecule has 0 unspecified atom stereocenters. The number of aromatic hydroxyl groups is 1. The Kier molecular flexibility index (Phi) is 3.29. The molecule has 1 aromatic carbocycles. The molecule has 0 spiro atoms. The zero-order valence-corrected chi connectivity index (χ0v) is 8.45. The highest BCUT2D eigenvalue weighted by Gasteiger charge is 2.07. The summed E-state index contributed by atoms with van der Waals surface area (Å²) in [5, 5.41) is 17.6.